The molecule has 15 heavy (non-hydrogen) atoms. The summed E-state index contributed by atoms with van der Waals surface area (Å²) in [6.07, 6.45) is 3.87. The molecule has 1 saturated heterocycles. The van der Waals surface area contributed by atoms with E-state index < -0.39 is 12.0 Å². The maximum atomic E-state index is 11.5. The lowest BCUT2D eigenvalue weighted by Gasteiger charge is -2.23. The van der Waals surface area contributed by atoms with Crippen LogP contribution in [-0.2, 0) is 9.59 Å². The van der Waals surface area contributed by atoms with E-state index in [1.807, 2.05) is 0 Å². The summed E-state index contributed by atoms with van der Waals surface area (Å²) < 4.78 is 0. The number of aliphatic carboxylic acids is 1. The van der Waals surface area contributed by atoms with Crippen molar-refractivity contribution in [2.45, 2.75) is 18.9 Å². The second kappa shape index (κ2) is 4.77. The molecule has 2 unspecified atom stereocenters. The minimum atomic E-state index is -0.979. The monoisotopic (exact) mass is 209 g/mol. The third-order valence-electron chi connectivity index (χ3n) is 2.57. The van der Waals surface area contributed by atoms with Crippen LogP contribution in [0.15, 0.2) is 25.3 Å². The molecule has 0 saturated carbocycles. The van der Waals surface area contributed by atoms with Crippen LogP contribution in [0.3, 0.4) is 0 Å². The van der Waals surface area contributed by atoms with Gasteiger partial charge in [0.1, 0.15) is 6.04 Å². The van der Waals surface area contributed by atoms with Gasteiger partial charge in [0.05, 0.1) is 0 Å². The molecule has 0 bridgehead atoms. The molecule has 1 aliphatic rings. The Bertz CT molecular complexity index is 298. The van der Waals surface area contributed by atoms with Gasteiger partial charge in [-0.1, -0.05) is 12.2 Å². The van der Waals surface area contributed by atoms with Crippen LogP contribution in [0, 0.1) is 5.92 Å². The molecule has 1 N–H and O–H groups in total. The van der Waals surface area contributed by atoms with Crippen LogP contribution in [-0.4, -0.2) is 34.5 Å². The van der Waals surface area contributed by atoms with E-state index in [1.54, 1.807) is 6.08 Å². The van der Waals surface area contributed by atoms with Gasteiger partial charge in [0.25, 0.3) is 0 Å². The van der Waals surface area contributed by atoms with Crippen LogP contribution in [0.25, 0.3) is 0 Å². The van der Waals surface area contributed by atoms with Crippen LogP contribution < -0.4 is 0 Å². The maximum absolute atomic E-state index is 11.5. The molecule has 0 radical (unpaired) electrons. The molecule has 1 heterocycles. The van der Waals surface area contributed by atoms with E-state index in [-0.39, 0.29) is 18.2 Å². The van der Waals surface area contributed by atoms with E-state index in [4.69, 9.17) is 5.11 Å². The molecule has 1 amide bonds. The largest absolute Gasteiger partial charge is 0.480 e. The molecule has 1 rings (SSSR count). The van der Waals surface area contributed by atoms with Crippen molar-refractivity contribution < 1.29 is 14.7 Å². The highest BCUT2D eigenvalue weighted by Gasteiger charge is 2.35. The number of amides is 1. The second-order valence-corrected chi connectivity index (χ2v) is 3.62. The summed E-state index contributed by atoms with van der Waals surface area (Å²) in [7, 11) is 0. The van der Waals surface area contributed by atoms with Crippen molar-refractivity contribution in [2.75, 3.05) is 6.54 Å². The van der Waals surface area contributed by atoms with E-state index in [1.165, 1.54) is 11.0 Å². The fraction of sp³-hybridized carbons (Fsp3) is 0.455. The van der Waals surface area contributed by atoms with Gasteiger partial charge < -0.3 is 10.0 Å². The average Bonchev–Trinajstić information content (AvgIpc) is 2.55. The van der Waals surface area contributed by atoms with Gasteiger partial charge in [-0.2, -0.15) is 0 Å². The molecule has 0 spiro atoms. The summed E-state index contributed by atoms with van der Waals surface area (Å²) in [4.78, 5) is 23.9. The second-order valence-electron chi connectivity index (χ2n) is 3.62. The number of nitrogens with zero attached hydrogens (tertiary/aromatic N) is 1. The van der Waals surface area contributed by atoms with Crippen LogP contribution in [0.2, 0.25) is 0 Å². The molecule has 4 nitrogen and oxygen atoms in total. The SMILES string of the molecule is C=CCC(C(=O)O)N1CC(C=C)CC1=O. The molecule has 1 fully saturated rings. The topological polar surface area (TPSA) is 57.6 Å². The zero-order chi connectivity index (χ0) is 11.4. The zero-order valence-electron chi connectivity index (χ0n) is 8.56. The quantitative estimate of drug-likeness (QED) is 0.688. The maximum Gasteiger partial charge on any atom is 0.326 e. The Labute approximate surface area is 88.9 Å². The number of hydrogen-bond donors (Lipinski definition) is 1. The Kier molecular flexibility index (Phi) is 3.66. The lowest BCUT2D eigenvalue weighted by atomic mass is 10.1. The van der Waals surface area contributed by atoms with Crippen LogP contribution in [0.5, 0.6) is 0 Å². The smallest absolute Gasteiger partial charge is 0.326 e. The van der Waals surface area contributed by atoms with Gasteiger partial charge in [0, 0.05) is 18.9 Å². The Balaban J connectivity index is 2.76. The highest BCUT2D eigenvalue weighted by atomic mass is 16.4. The van der Waals surface area contributed by atoms with Gasteiger partial charge in [-0.15, -0.1) is 13.2 Å². The third kappa shape index (κ3) is 2.46. The van der Waals surface area contributed by atoms with Gasteiger partial charge in [-0.25, -0.2) is 4.79 Å². The first-order chi connectivity index (χ1) is 7.10. The fourth-order valence-electron chi connectivity index (χ4n) is 1.74. The number of hydrogen-bond acceptors (Lipinski definition) is 2. The molecule has 82 valence electrons. The van der Waals surface area contributed by atoms with Crippen molar-refractivity contribution in [3.8, 4) is 0 Å². The summed E-state index contributed by atoms with van der Waals surface area (Å²) in [5.74, 6) is -1.02. The highest BCUT2D eigenvalue weighted by Crippen LogP contribution is 2.22. The van der Waals surface area contributed by atoms with Gasteiger partial charge in [0.2, 0.25) is 5.91 Å². The number of carboxylic acid groups (broad SMARTS) is 1. The first kappa shape index (κ1) is 11.5. The normalized spacial score (nSPS) is 22.5. The fourth-order valence-corrected chi connectivity index (χ4v) is 1.74. The van der Waals surface area contributed by atoms with Gasteiger partial charge in [-0.05, 0) is 6.42 Å². The summed E-state index contributed by atoms with van der Waals surface area (Å²) in [6.45, 7) is 7.56. The zero-order valence-corrected chi connectivity index (χ0v) is 8.56. The first-order valence-electron chi connectivity index (χ1n) is 4.85. The Morgan fingerprint density at radius 2 is 2.33 bits per heavy atom. The molecule has 0 aromatic carbocycles. The predicted octanol–water partition coefficient (Wildman–Crippen LogP) is 1.05. The summed E-state index contributed by atoms with van der Waals surface area (Å²) in [6, 6.07) is -0.778. The summed E-state index contributed by atoms with van der Waals surface area (Å²) >= 11 is 0. The van der Waals surface area contributed by atoms with Crippen LogP contribution in [0.1, 0.15) is 12.8 Å². The van der Waals surface area contributed by atoms with Crippen molar-refractivity contribution in [1.29, 1.82) is 0 Å². The van der Waals surface area contributed by atoms with Gasteiger partial charge >= 0.3 is 5.97 Å². The molecule has 2 atom stereocenters. The Morgan fingerprint density at radius 1 is 1.67 bits per heavy atom. The Hall–Kier alpha value is -1.58. The Morgan fingerprint density at radius 3 is 2.73 bits per heavy atom. The molecule has 4 heteroatoms. The number of carbonyl (C=O) groups is 2. The van der Waals surface area contributed by atoms with Gasteiger partial charge in [0.15, 0.2) is 0 Å². The number of likely N-dealkylation sites (tertiary alicyclic amines) is 1. The van der Waals surface area contributed by atoms with Crippen molar-refractivity contribution >= 4 is 11.9 Å². The van der Waals surface area contributed by atoms with Crippen molar-refractivity contribution in [1.82, 2.24) is 4.90 Å². The standard InChI is InChI=1S/C11H15NO3/c1-3-5-9(11(14)15)12-7-8(4-2)6-10(12)13/h3-4,8-9H,1-2,5-7H2,(H,14,15). The van der Waals surface area contributed by atoms with Crippen LogP contribution >= 0.6 is 0 Å². The van der Waals surface area contributed by atoms with Crippen LogP contribution in [0.4, 0.5) is 0 Å². The highest BCUT2D eigenvalue weighted by molar-refractivity contribution is 5.85. The molecule has 1 aliphatic heterocycles. The third-order valence-corrected chi connectivity index (χ3v) is 2.57. The van der Waals surface area contributed by atoms with E-state index in [0.29, 0.717) is 13.0 Å². The molecule has 0 aromatic heterocycles. The lowest BCUT2D eigenvalue weighted by molar-refractivity contribution is -0.148. The van der Waals surface area contributed by atoms with Crippen molar-refractivity contribution in [3.63, 3.8) is 0 Å². The van der Waals surface area contributed by atoms with E-state index >= 15 is 0 Å². The van der Waals surface area contributed by atoms with Crippen molar-refractivity contribution in [2.24, 2.45) is 5.92 Å². The van der Waals surface area contributed by atoms with Gasteiger partial charge in [-0.3, -0.25) is 4.79 Å². The minimum Gasteiger partial charge on any atom is -0.480 e. The summed E-state index contributed by atoms with van der Waals surface area (Å²) in [5.41, 5.74) is 0. The molecule has 0 aliphatic carbocycles. The molecular weight excluding hydrogens is 194 g/mol. The summed E-state index contributed by atoms with van der Waals surface area (Å²) in [5, 5.41) is 8.97. The van der Waals surface area contributed by atoms with Crippen molar-refractivity contribution in [3.05, 3.63) is 25.3 Å². The number of rotatable bonds is 5. The van der Waals surface area contributed by atoms with E-state index in [9.17, 15) is 9.59 Å². The van der Waals surface area contributed by atoms with E-state index in [0.717, 1.165) is 0 Å². The average molecular weight is 209 g/mol. The first-order valence-corrected chi connectivity index (χ1v) is 4.85. The molecular formula is C11H15NO3. The number of carbonyl (C=O) groups excluding carboxylic acids is 1. The minimum absolute atomic E-state index is 0.0733. The number of carboxylic acids is 1. The lowest BCUT2D eigenvalue weighted by Crippen LogP contribution is -2.41. The van der Waals surface area contributed by atoms with E-state index in [2.05, 4.69) is 13.2 Å². The molecule has 0 aromatic rings. The predicted molar refractivity (Wildman–Crippen MR) is 56.3 cm³/mol.